The van der Waals surface area contributed by atoms with Gasteiger partial charge in [0, 0.05) is 56.2 Å². The summed E-state index contributed by atoms with van der Waals surface area (Å²) >= 11 is 1.70. The number of nitrogens with one attached hydrogen (secondary N) is 1. The van der Waals surface area contributed by atoms with Crippen LogP contribution in [0.4, 0.5) is 0 Å². The first-order valence-electron chi connectivity index (χ1n) is 20.7. The van der Waals surface area contributed by atoms with Crippen LogP contribution in [0.15, 0.2) is 42.5 Å². The predicted molar refractivity (Wildman–Crippen MR) is 221 cm³/mol. The summed E-state index contributed by atoms with van der Waals surface area (Å²) in [5.41, 5.74) is 2.23. The molecule has 2 aromatic rings. The van der Waals surface area contributed by atoms with Crippen molar-refractivity contribution in [2.24, 2.45) is 0 Å². The van der Waals surface area contributed by atoms with Crippen LogP contribution in [0, 0.1) is 0 Å². The number of hydrogen-bond donors (Lipinski definition) is 1. The Morgan fingerprint density at radius 1 is 0.679 bits per heavy atom. The molecule has 1 fully saturated rings. The highest BCUT2D eigenvalue weighted by Gasteiger charge is 2.29. The van der Waals surface area contributed by atoms with E-state index in [0.29, 0.717) is 49.1 Å². The number of unbranched alkanes of at least 4 members (excludes halogenated alkanes) is 16. The molecule has 1 N–H and O–H groups in total. The molecule has 298 valence electrons. The highest BCUT2D eigenvalue weighted by molar-refractivity contribution is 7.98. The van der Waals surface area contributed by atoms with Gasteiger partial charge in [0.1, 0.15) is 6.04 Å². The summed E-state index contributed by atoms with van der Waals surface area (Å²) in [6, 6.07) is 13.7. The molecular formula is C44H71N3O5S. The Bertz CT molecular complexity index is 1270. The smallest absolute Gasteiger partial charge is 0.246 e. The maximum Gasteiger partial charge on any atom is 0.246 e. The molecule has 0 unspecified atom stereocenters. The van der Waals surface area contributed by atoms with E-state index < -0.39 is 6.04 Å². The topological polar surface area (TPSA) is 80.3 Å². The molecule has 0 saturated carbocycles. The lowest BCUT2D eigenvalue weighted by molar-refractivity contribution is -0.137. The van der Waals surface area contributed by atoms with Gasteiger partial charge in [0.05, 0.1) is 21.3 Å². The molecule has 1 heterocycles. The van der Waals surface area contributed by atoms with Gasteiger partial charge in [-0.05, 0) is 18.1 Å². The zero-order valence-corrected chi connectivity index (χ0v) is 34.5. The fraction of sp³-hybridized carbons (Fsp3) is 0.682. The fourth-order valence-electron chi connectivity index (χ4n) is 7.20. The minimum absolute atomic E-state index is 0.0104. The van der Waals surface area contributed by atoms with E-state index in [2.05, 4.69) is 29.3 Å². The molecule has 9 heteroatoms. The summed E-state index contributed by atoms with van der Waals surface area (Å²) in [6.07, 6.45) is 22.9. The van der Waals surface area contributed by atoms with Crippen LogP contribution in [-0.2, 0) is 21.9 Å². The van der Waals surface area contributed by atoms with Crippen molar-refractivity contribution < 1.29 is 23.8 Å². The highest BCUT2D eigenvalue weighted by Crippen LogP contribution is 2.40. The van der Waals surface area contributed by atoms with Crippen molar-refractivity contribution in [3.63, 3.8) is 0 Å². The number of piperazine rings is 1. The molecule has 1 aliphatic rings. The number of rotatable bonds is 29. The zero-order chi connectivity index (χ0) is 37.9. The minimum atomic E-state index is -0.528. The average molecular weight is 754 g/mol. The molecule has 1 atom stereocenters. The summed E-state index contributed by atoms with van der Waals surface area (Å²) in [5, 5.41) is 3.14. The largest absolute Gasteiger partial charge is 0.493 e. The van der Waals surface area contributed by atoms with Gasteiger partial charge in [-0.1, -0.05) is 146 Å². The van der Waals surface area contributed by atoms with Crippen molar-refractivity contribution in [1.82, 2.24) is 15.1 Å². The Labute approximate surface area is 326 Å². The lowest BCUT2D eigenvalue weighted by atomic mass is 10.0. The van der Waals surface area contributed by atoms with E-state index in [9.17, 15) is 9.59 Å². The number of thioether (sulfide) groups is 1. The van der Waals surface area contributed by atoms with Crippen LogP contribution in [0.2, 0.25) is 0 Å². The summed E-state index contributed by atoms with van der Waals surface area (Å²) in [5.74, 6) is 3.26. The number of methoxy groups -OCH3 is 3. The van der Waals surface area contributed by atoms with E-state index in [1.54, 1.807) is 33.1 Å². The number of nitrogens with zero attached hydrogens (tertiary/aromatic N) is 2. The van der Waals surface area contributed by atoms with Crippen LogP contribution < -0.4 is 19.5 Å². The Kier molecular flexibility index (Phi) is 23.2. The number of ether oxygens (including phenoxy) is 3. The number of hydrogen-bond acceptors (Lipinski definition) is 7. The van der Waals surface area contributed by atoms with Gasteiger partial charge in [-0.15, -0.1) is 0 Å². The van der Waals surface area contributed by atoms with E-state index in [-0.39, 0.29) is 11.8 Å². The SMILES string of the molecule is CCCCCCCCCCCCCCCCCCCC(=O)N[C@@H](CSCc1ccccc1)C(=O)N1CCN(Cc2ccc(OC)c(OC)c2OC)CC1. The Hall–Kier alpha value is -2.91. The van der Waals surface area contributed by atoms with Crippen molar-refractivity contribution in [1.29, 1.82) is 0 Å². The van der Waals surface area contributed by atoms with Crippen LogP contribution in [0.3, 0.4) is 0 Å². The molecular weight excluding hydrogens is 683 g/mol. The number of carbonyl (C=O) groups is 2. The van der Waals surface area contributed by atoms with Gasteiger partial charge in [0.15, 0.2) is 11.5 Å². The summed E-state index contributed by atoms with van der Waals surface area (Å²) < 4.78 is 16.7. The maximum atomic E-state index is 13.9. The molecule has 2 aromatic carbocycles. The van der Waals surface area contributed by atoms with Crippen molar-refractivity contribution in [2.45, 2.75) is 141 Å². The molecule has 0 aromatic heterocycles. The molecule has 1 saturated heterocycles. The highest BCUT2D eigenvalue weighted by atomic mass is 32.2. The van der Waals surface area contributed by atoms with Crippen molar-refractivity contribution in [3.8, 4) is 17.2 Å². The maximum absolute atomic E-state index is 13.9. The lowest BCUT2D eigenvalue weighted by Gasteiger charge is -2.36. The predicted octanol–water partition coefficient (Wildman–Crippen LogP) is 9.82. The van der Waals surface area contributed by atoms with Crippen molar-refractivity contribution >= 4 is 23.6 Å². The van der Waals surface area contributed by atoms with Gasteiger partial charge >= 0.3 is 0 Å². The van der Waals surface area contributed by atoms with E-state index in [0.717, 1.165) is 37.2 Å². The van der Waals surface area contributed by atoms with E-state index in [1.165, 1.54) is 102 Å². The molecule has 0 aliphatic carbocycles. The summed E-state index contributed by atoms with van der Waals surface area (Å²) in [6.45, 7) is 5.66. The molecule has 2 amide bonds. The second-order valence-corrected chi connectivity index (χ2v) is 15.7. The first-order valence-corrected chi connectivity index (χ1v) is 21.9. The zero-order valence-electron chi connectivity index (χ0n) is 33.6. The first kappa shape index (κ1) is 44.5. The van der Waals surface area contributed by atoms with Crippen LogP contribution in [-0.4, -0.2) is 80.9 Å². The van der Waals surface area contributed by atoms with Gasteiger partial charge < -0.3 is 24.4 Å². The summed E-state index contributed by atoms with van der Waals surface area (Å²) in [4.78, 5) is 31.2. The number of benzene rings is 2. The first-order chi connectivity index (χ1) is 26.0. The van der Waals surface area contributed by atoms with Gasteiger partial charge in [-0.25, -0.2) is 0 Å². The monoisotopic (exact) mass is 754 g/mol. The molecule has 3 rings (SSSR count). The van der Waals surface area contributed by atoms with E-state index in [4.69, 9.17) is 14.2 Å². The van der Waals surface area contributed by atoms with Crippen LogP contribution in [0.25, 0.3) is 0 Å². The number of amides is 2. The quantitative estimate of drug-likeness (QED) is 0.0829. The van der Waals surface area contributed by atoms with Crippen LogP contribution in [0.5, 0.6) is 17.2 Å². The third-order valence-electron chi connectivity index (χ3n) is 10.4. The standard InChI is InChI=1S/C44H71N3O5S/c1-5-6-7-8-9-10-11-12-13-14-15-16-17-18-19-20-24-27-41(48)45-39(36-53-35-37-25-22-21-23-26-37)44(49)47-32-30-46(31-33-47)34-38-28-29-40(50-2)43(52-4)42(38)51-3/h21-23,25-26,28-29,39H,5-20,24,27,30-36H2,1-4H3,(H,45,48)/t39-/m0/s1. The molecule has 0 spiro atoms. The van der Waals surface area contributed by atoms with Gasteiger partial charge in [0.25, 0.3) is 0 Å². The van der Waals surface area contributed by atoms with Crippen LogP contribution >= 0.6 is 11.8 Å². The number of carbonyl (C=O) groups excluding carboxylic acids is 2. The Morgan fingerprint density at radius 3 is 1.75 bits per heavy atom. The van der Waals surface area contributed by atoms with E-state index in [1.807, 2.05) is 35.2 Å². The molecule has 0 radical (unpaired) electrons. The molecule has 0 bridgehead atoms. The second-order valence-electron chi connectivity index (χ2n) is 14.6. The Balaban J connectivity index is 1.36. The molecule has 53 heavy (non-hydrogen) atoms. The Morgan fingerprint density at radius 2 is 1.23 bits per heavy atom. The minimum Gasteiger partial charge on any atom is -0.493 e. The average Bonchev–Trinajstić information content (AvgIpc) is 3.18. The third-order valence-corrected chi connectivity index (χ3v) is 11.5. The fourth-order valence-corrected chi connectivity index (χ4v) is 8.20. The van der Waals surface area contributed by atoms with Crippen LogP contribution in [0.1, 0.15) is 134 Å². The lowest BCUT2D eigenvalue weighted by Crippen LogP contribution is -2.55. The molecule has 1 aliphatic heterocycles. The second kappa shape index (κ2) is 27.6. The van der Waals surface area contributed by atoms with Crippen molar-refractivity contribution in [2.75, 3.05) is 53.3 Å². The van der Waals surface area contributed by atoms with Gasteiger partial charge in [-0.3, -0.25) is 14.5 Å². The normalized spacial score (nSPS) is 13.8. The van der Waals surface area contributed by atoms with Gasteiger partial charge in [-0.2, -0.15) is 11.8 Å². The van der Waals surface area contributed by atoms with Gasteiger partial charge in [0.2, 0.25) is 17.6 Å². The third kappa shape index (κ3) is 17.4. The van der Waals surface area contributed by atoms with E-state index >= 15 is 0 Å². The molecule has 8 nitrogen and oxygen atoms in total. The summed E-state index contributed by atoms with van der Waals surface area (Å²) in [7, 11) is 4.87. The van der Waals surface area contributed by atoms with Crippen molar-refractivity contribution in [3.05, 3.63) is 53.6 Å².